The van der Waals surface area contributed by atoms with Crippen molar-refractivity contribution >= 4 is 24.1 Å². The van der Waals surface area contributed by atoms with Crippen molar-refractivity contribution in [1.82, 2.24) is 10.6 Å². The fraction of sp³-hybridized carbons (Fsp3) is 0.600. The Morgan fingerprint density at radius 1 is 0.597 bits per heavy atom. The van der Waals surface area contributed by atoms with E-state index < -0.39 is 16.8 Å². The molecule has 372 valence electrons. The lowest BCUT2D eigenvalue weighted by Crippen LogP contribution is -2.36. The second kappa shape index (κ2) is 27.8. The standard InChI is InChI=1S/C19H29NO3.2C18H27NO3/c1-15(13-18(21)23-19(2,3)4)7-6-12-20-14-16-8-10-17(22-5)11-9-16;2*1-18(2,3)22-16(20)12-14-6-5-11-19-17(14)13-7-9-15(21-4)10-8-13/h8-11,14-15H,6-7,12-13H2,1-5H3;2*7-10,14,17,19H,5-6,11-12H2,1-4H3. The van der Waals surface area contributed by atoms with Gasteiger partial charge in [0.05, 0.1) is 34.2 Å². The first-order chi connectivity index (χ1) is 31.6. The van der Waals surface area contributed by atoms with Gasteiger partial charge in [0, 0.05) is 31.3 Å². The maximum absolute atomic E-state index is 12.1. The Bertz CT molecular complexity index is 1830. The summed E-state index contributed by atoms with van der Waals surface area (Å²) in [6, 6.07) is 24.4. The zero-order valence-corrected chi connectivity index (χ0v) is 43.0. The van der Waals surface area contributed by atoms with Crippen molar-refractivity contribution in [2.45, 2.75) is 156 Å². The molecule has 3 aromatic carbocycles. The van der Waals surface area contributed by atoms with Crippen LogP contribution in [-0.2, 0) is 28.6 Å². The lowest BCUT2D eigenvalue weighted by atomic mass is 9.84. The molecule has 12 nitrogen and oxygen atoms in total. The molecular formula is C55H83N3O9. The maximum Gasteiger partial charge on any atom is 0.306 e. The number of aliphatic imine (C=N–C) groups is 1. The highest BCUT2D eigenvalue weighted by Gasteiger charge is 2.31. The Hall–Kier alpha value is -4.94. The summed E-state index contributed by atoms with van der Waals surface area (Å²) in [6.07, 6.45) is 9.49. The van der Waals surface area contributed by atoms with Crippen LogP contribution < -0.4 is 24.8 Å². The average Bonchev–Trinajstić information content (AvgIpc) is 3.25. The van der Waals surface area contributed by atoms with E-state index in [-0.39, 0.29) is 41.8 Å². The average molecular weight is 930 g/mol. The number of nitrogens with zero attached hydrogens (tertiary/aromatic N) is 1. The van der Waals surface area contributed by atoms with E-state index in [2.05, 4.69) is 46.8 Å². The molecule has 0 aliphatic carbocycles. The predicted octanol–water partition coefficient (Wildman–Crippen LogP) is 11.2. The van der Waals surface area contributed by atoms with Crippen molar-refractivity contribution in [2.75, 3.05) is 41.0 Å². The lowest BCUT2D eigenvalue weighted by Gasteiger charge is -2.33. The van der Waals surface area contributed by atoms with Crippen LogP contribution in [0.2, 0.25) is 0 Å². The number of rotatable bonds is 16. The quantitative estimate of drug-likeness (QED) is 0.0613. The molecule has 12 heteroatoms. The van der Waals surface area contributed by atoms with E-state index in [4.69, 9.17) is 28.4 Å². The Balaban J connectivity index is 0.000000267. The molecule has 0 aromatic heterocycles. The molecular weight excluding hydrogens is 847 g/mol. The SMILES string of the molecule is COc1ccc(C2NCCCC2CC(=O)OC(C)(C)C)cc1.COc1ccc(C2NCCCC2CC(=O)OC(C)(C)C)cc1.COc1ccc(C=NCCCC(C)CC(=O)OC(C)(C)C)cc1. The largest absolute Gasteiger partial charge is 0.497 e. The summed E-state index contributed by atoms with van der Waals surface area (Å²) in [5, 5.41) is 7.09. The number of methoxy groups -OCH3 is 3. The summed E-state index contributed by atoms with van der Waals surface area (Å²) >= 11 is 0. The van der Waals surface area contributed by atoms with E-state index in [9.17, 15) is 14.4 Å². The van der Waals surface area contributed by atoms with E-state index in [1.807, 2.05) is 117 Å². The normalized spacial score (nSPS) is 19.1. The van der Waals surface area contributed by atoms with Gasteiger partial charge < -0.3 is 39.1 Å². The number of piperidine rings is 2. The Labute approximate surface area is 402 Å². The van der Waals surface area contributed by atoms with E-state index in [1.54, 1.807) is 21.3 Å². The van der Waals surface area contributed by atoms with Gasteiger partial charge in [0.2, 0.25) is 0 Å². The van der Waals surface area contributed by atoms with Gasteiger partial charge in [-0.2, -0.15) is 0 Å². The van der Waals surface area contributed by atoms with Crippen LogP contribution in [0.3, 0.4) is 0 Å². The van der Waals surface area contributed by atoms with Crippen molar-refractivity contribution in [3.63, 3.8) is 0 Å². The second-order valence-corrected chi connectivity index (χ2v) is 20.6. The number of carbonyl (C=O) groups is 3. The molecule has 5 unspecified atom stereocenters. The molecule has 2 aliphatic heterocycles. The van der Waals surface area contributed by atoms with Crippen LogP contribution >= 0.6 is 0 Å². The molecule has 3 aromatic rings. The van der Waals surface area contributed by atoms with Crippen molar-refractivity contribution in [3.8, 4) is 17.2 Å². The number of esters is 3. The topological polar surface area (TPSA) is 143 Å². The third kappa shape index (κ3) is 23.1. The number of carbonyl (C=O) groups excluding carboxylic acids is 3. The smallest absolute Gasteiger partial charge is 0.306 e. The van der Waals surface area contributed by atoms with Gasteiger partial charge in [-0.25, -0.2) is 0 Å². The summed E-state index contributed by atoms with van der Waals surface area (Å²) in [4.78, 5) is 40.4. The highest BCUT2D eigenvalue weighted by atomic mass is 16.6. The number of benzene rings is 3. The number of ether oxygens (including phenoxy) is 6. The summed E-state index contributed by atoms with van der Waals surface area (Å²) in [6.45, 7) is 21.9. The molecule has 2 fully saturated rings. The minimum atomic E-state index is -0.422. The third-order valence-electron chi connectivity index (χ3n) is 11.1. The third-order valence-corrected chi connectivity index (χ3v) is 11.1. The Morgan fingerprint density at radius 2 is 0.970 bits per heavy atom. The minimum Gasteiger partial charge on any atom is -0.497 e. The van der Waals surface area contributed by atoms with Crippen molar-refractivity contribution in [3.05, 3.63) is 89.5 Å². The molecule has 67 heavy (non-hydrogen) atoms. The van der Waals surface area contributed by atoms with Crippen molar-refractivity contribution in [2.24, 2.45) is 22.7 Å². The molecule has 0 spiro atoms. The minimum absolute atomic E-state index is 0.111. The van der Waals surface area contributed by atoms with Crippen LogP contribution in [-0.4, -0.2) is 81.9 Å². The first-order valence-electron chi connectivity index (χ1n) is 24.1. The predicted molar refractivity (Wildman–Crippen MR) is 268 cm³/mol. The van der Waals surface area contributed by atoms with E-state index in [0.29, 0.717) is 25.2 Å². The summed E-state index contributed by atoms with van der Waals surface area (Å²) < 4.78 is 31.8. The van der Waals surface area contributed by atoms with Crippen LogP contribution in [0.1, 0.15) is 156 Å². The fourth-order valence-corrected chi connectivity index (χ4v) is 8.11. The highest BCUT2D eigenvalue weighted by Crippen LogP contribution is 2.35. The van der Waals surface area contributed by atoms with Crippen LogP contribution in [0, 0.1) is 17.8 Å². The molecule has 0 radical (unpaired) electrons. The van der Waals surface area contributed by atoms with Gasteiger partial charge in [0.25, 0.3) is 0 Å². The Morgan fingerprint density at radius 3 is 1.34 bits per heavy atom. The summed E-state index contributed by atoms with van der Waals surface area (Å²) in [5.74, 6) is 3.07. The van der Waals surface area contributed by atoms with Gasteiger partial charge >= 0.3 is 17.9 Å². The van der Waals surface area contributed by atoms with Crippen molar-refractivity contribution in [1.29, 1.82) is 0 Å². The van der Waals surface area contributed by atoms with Gasteiger partial charge in [-0.05, 0) is 197 Å². The molecule has 2 N–H and O–H groups in total. The molecule has 0 saturated carbocycles. The molecule has 2 heterocycles. The van der Waals surface area contributed by atoms with Gasteiger partial charge in [-0.15, -0.1) is 0 Å². The number of nitrogens with one attached hydrogen (secondary N) is 2. The molecule has 0 bridgehead atoms. The zero-order valence-electron chi connectivity index (χ0n) is 43.0. The first kappa shape index (κ1) is 56.4. The molecule has 5 atom stereocenters. The Kier molecular flexibility index (Phi) is 23.4. The first-order valence-corrected chi connectivity index (χ1v) is 24.1. The summed E-state index contributed by atoms with van der Waals surface area (Å²) in [5.41, 5.74) is 2.22. The second-order valence-electron chi connectivity index (χ2n) is 20.6. The maximum atomic E-state index is 12.1. The van der Waals surface area contributed by atoms with Crippen LogP contribution in [0.4, 0.5) is 0 Å². The van der Waals surface area contributed by atoms with Gasteiger partial charge in [0.1, 0.15) is 34.1 Å². The zero-order chi connectivity index (χ0) is 49.6. The van der Waals surface area contributed by atoms with E-state index in [0.717, 1.165) is 81.0 Å². The highest BCUT2D eigenvalue weighted by molar-refractivity contribution is 5.79. The lowest BCUT2D eigenvalue weighted by molar-refractivity contribution is -0.157. The van der Waals surface area contributed by atoms with Crippen LogP contribution in [0.15, 0.2) is 77.8 Å². The van der Waals surface area contributed by atoms with E-state index >= 15 is 0 Å². The molecule has 2 saturated heterocycles. The number of hydrogen-bond acceptors (Lipinski definition) is 12. The van der Waals surface area contributed by atoms with Gasteiger partial charge in [-0.3, -0.25) is 19.4 Å². The van der Waals surface area contributed by atoms with E-state index in [1.165, 1.54) is 11.1 Å². The number of hydrogen-bond donors (Lipinski definition) is 2. The molecule has 5 rings (SSSR count). The van der Waals surface area contributed by atoms with Crippen LogP contribution in [0.5, 0.6) is 17.2 Å². The fourth-order valence-electron chi connectivity index (χ4n) is 8.11. The van der Waals surface area contributed by atoms with Crippen molar-refractivity contribution < 1.29 is 42.8 Å². The monoisotopic (exact) mass is 930 g/mol. The van der Waals surface area contributed by atoms with Crippen LogP contribution in [0.25, 0.3) is 0 Å². The summed E-state index contributed by atoms with van der Waals surface area (Å²) in [7, 11) is 4.99. The molecule has 0 amide bonds. The molecule has 2 aliphatic rings. The van der Waals surface area contributed by atoms with Gasteiger partial charge in [0.15, 0.2) is 0 Å². The van der Waals surface area contributed by atoms with Gasteiger partial charge in [-0.1, -0.05) is 31.2 Å².